The van der Waals surface area contributed by atoms with Crippen LogP contribution in [0.2, 0.25) is 5.02 Å². The van der Waals surface area contributed by atoms with Gasteiger partial charge in [-0.1, -0.05) is 29.8 Å². The van der Waals surface area contributed by atoms with E-state index in [1.807, 2.05) is 18.2 Å². The molecule has 136 valence electrons. The smallest absolute Gasteiger partial charge is 0.224 e. The molecule has 1 heterocycles. The third kappa shape index (κ3) is 5.17. The van der Waals surface area contributed by atoms with E-state index in [0.29, 0.717) is 24.5 Å². The number of rotatable bonds is 7. The van der Waals surface area contributed by atoms with Crippen molar-refractivity contribution in [2.24, 2.45) is 11.8 Å². The maximum atomic E-state index is 12.2. The number of carbonyl (C=O) groups excluding carboxylic acids is 2. The predicted octanol–water partition coefficient (Wildman–Crippen LogP) is 1.04. The van der Waals surface area contributed by atoms with Gasteiger partial charge in [-0.25, -0.2) is 0 Å². The van der Waals surface area contributed by atoms with Crippen LogP contribution in [0.3, 0.4) is 0 Å². The van der Waals surface area contributed by atoms with Crippen molar-refractivity contribution in [3.8, 4) is 0 Å². The van der Waals surface area contributed by atoms with E-state index in [-0.39, 0.29) is 23.7 Å². The Morgan fingerprint density at radius 1 is 1.12 bits per heavy atom. The molecule has 1 saturated heterocycles. The summed E-state index contributed by atoms with van der Waals surface area (Å²) < 4.78 is 5.30. The van der Waals surface area contributed by atoms with Crippen molar-refractivity contribution in [3.63, 3.8) is 0 Å². The molecule has 0 aromatic heterocycles. The fourth-order valence-corrected chi connectivity index (χ4v) is 3.23. The van der Waals surface area contributed by atoms with Crippen LogP contribution in [0, 0.1) is 11.8 Å². The molecule has 2 amide bonds. The van der Waals surface area contributed by atoms with Gasteiger partial charge in [-0.05, 0) is 18.1 Å². The Hall–Kier alpha value is -1.63. The van der Waals surface area contributed by atoms with Crippen LogP contribution in [0.25, 0.3) is 0 Å². The molecule has 0 bridgehead atoms. The highest BCUT2D eigenvalue weighted by molar-refractivity contribution is 6.31. The summed E-state index contributed by atoms with van der Waals surface area (Å²) in [6, 6.07) is 7.41. The molecule has 25 heavy (non-hydrogen) atoms. The third-order valence-corrected chi connectivity index (χ3v) is 5.07. The molecule has 1 aromatic carbocycles. The van der Waals surface area contributed by atoms with Gasteiger partial charge in [-0.3, -0.25) is 14.5 Å². The molecule has 1 saturated carbocycles. The van der Waals surface area contributed by atoms with Gasteiger partial charge < -0.3 is 15.4 Å². The van der Waals surface area contributed by atoms with Crippen molar-refractivity contribution in [2.45, 2.75) is 13.0 Å². The fraction of sp³-hybridized carbons (Fsp3) is 0.556. The molecule has 2 atom stereocenters. The van der Waals surface area contributed by atoms with E-state index in [4.69, 9.17) is 16.3 Å². The van der Waals surface area contributed by atoms with Crippen LogP contribution in [-0.2, 0) is 20.9 Å². The molecule has 2 N–H and O–H groups in total. The molecular weight excluding hydrogens is 342 g/mol. The Morgan fingerprint density at radius 2 is 1.80 bits per heavy atom. The average molecular weight is 366 g/mol. The van der Waals surface area contributed by atoms with Crippen LogP contribution in [-0.4, -0.2) is 56.1 Å². The Bertz CT molecular complexity index is 619. The van der Waals surface area contributed by atoms with Crippen molar-refractivity contribution < 1.29 is 14.3 Å². The lowest BCUT2D eigenvalue weighted by molar-refractivity contribution is -0.127. The molecule has 0 spiro atoms. The fourth-order valence-electron chi connectivity index (χ4n) is 3.02. The van der Waals surface area contributed by atoms with Crippen molar-refractivity contribution in [1.29, 1.82) is 0 Å². The van der Waals surface area contributed by atoms with Crippen LogP contribution < -0.4 is 10.6 Å². The summed E-state index contributed by atoms with van der Waals surface area (Å²) in [6.07, 6.45) is 0.623. The van der Waals surface area contributed by atoms with Crippen LogP contribution in [0.4, 0.5) is 0 Å². The first-order valence-electron chi connectivity index (χ1n) is 8.74. The number of amides is 2. The van der Waals surface area contributed by atoms with E-state index in [0.717, 1.165) is 38.4 Å². The van der Waals surface area contributed by atoms with Gasteiger partial charge in [-0.15, -0.1) is 0 Å². The standard InChI is InChI=1S/C18H24ClN3O3/c19-16-4-2-1-3-13(16)12-21-18(24)15-11-14(15)17(23)20-5-6-22-7-9-25-10-8-22/h1-4,14-15H,5-12H2,(H,20,23)(H,21,24). The number of hydrogen-bond acceptors (Lipinski definition) is 4. The second-order valence-electron chi connectivity index (χ2n) is 6.50. The zero-order chi connectivity index (χ0) is 17.6. The van der Waals surface area contributed by atoms with Gasteiger partial charge in [0.05, 0.1) is 25.0 Å². The van der Waals surface area contributed by atoms with E-state index in [1.54, 1.807) is 6.07 Å². The Balaban J connectivity index is 1.34. The number of hydrogen-bond donors (Lipinski definition) is 2. The summed E-state index contributed by atoms with van der Waals surface area (Å²) in [5, 5.41) is 6.44. The largest absolute Gasteiger partial charge is 0.379 e. The molecule has 0 radical (unpaired) electrons. The van der Waals surface area contributed by atoms with Crippen LogP contribution >= 0.6 is 11.6 Å². The van der Waals surface area contributed by atoms with Crippen molar-refractivity contribution >= 4 is 23.4 Å². The number of benzene rings is 1. The monoisotopic (exact) mass is 365 g/mol. The summed E-state index contributed by atoms with van der Waals surface area (Å²) in [5.41, 5.74) is 0.879. The van der Waals surface area contributed by atoms with E-state index < -0.39 is 0 Å². The summed E-state index contributed by atoms with van der Waals surface area (Å²) in [6.45, 7) is 5.15. The zero-order valence-corrected chi connectivity index (χ0v) is 14.9. The number of nitrogens with zero attached hydrogens (tertiary/aromatic N) is 1. The van der Waals surface area contributed by atoms with Crippen molar-refractivity contribution in [3.05, 3.63) is 34.9 Å². The number of nitrogens with one attached hydrogen (secondary N) is 2. The van der Waals surface area contributed by atoms with Crippen molar-refractivity contribution in [2.75, 3.05) is 39.4 Å². The lowest BCUT2D eigenvalue weighted by Gasteiger charge is -2.26. The zero-order valence-electron chi connectivity index (χ0n) is 14.2. The highest BCUT2D eigenvalue weighted by atomic mass is 35.5. The maximum Gasteiger partial charge on any atom is 0.224 e. The minimum Gasteiger partial charge on any atom is -0.379 e. The van der Waals surface area contributed by atoms with E-state index in [9.17, 15) is 9.59 Å². The topological polar surface area (TPSA) is 70.7 Å². The molecule has 1 aromatic rings. The predicted molar refractivity (Wildman–Crippen MR) is 95.2 cm³/mol. The van der Waals surface area contributed by atoms with Crippen LogP contribution in [0.15, 0.2) is 24.3 Å². The summed E-state index contributed by atoms with van der Waals surface area (Å²) in [7, 11) is 0. The molecule has 1 aliphatic heterocycles. The van der Waals surface area contributed by atoms with E-state index >= 15 is 0 Å². The number of carbonyl (C=O) groups is 2. The average Bonchev–Trinajstić information content (AvgIpc) is 3.43. The van der Waals surface area contributed by atoms with Crippen molar-refractivity contribution in [1.82, 2.24) is 15.5 Å². The van der Waals surface area contributed by atoms with Crippen LogP contribution in [0.1, 0.15) is 12.0 Å². The minimum absolute atomic E-state index is 0.0221. The highest BCUT2D eigenvalue weighted by Crippen LogP contribution is 2.38. The molecule has 2 aliphatic rings. The molecule has 6 nitrogen and oxygen atoms in total. The first-order chi connectivity index (χ1) is 12.1. The molecule has 7 heteroatoms. The van der Waals surface area contributed by atoms with Gasteiger partial charge >= 0.3 is 0 Å². The molecular formula is C18H24ClN3O3. The van der Waals surface area contributed by atoms with Gasteiger partial charge in [0.1, 0.15) is 0 Å². The van der Waals surface area contributed by atoms with Gasteiger partial charge in [0, 0.05) is 37.7 Å². The first-order valence-corrected chi connectivity index (χ1v) is 9.12. The van der Waals surface area contributed by atoms with Gasteiger partial charge in [0.15, 0.2) is 0 Å². The lowest BCUT2D eigenvalue weighted by atomic mass is 10.2. The second-order valence-corrected chi connectivity index (χ2v) is 6.91. The molecule has 2 unspecified atom stereocenters. The Kier molecular flexibility index (Phi) is 6.29. The number of morpholine rings is 1. The van der Waals surface area contributed by atoms with Crippen LogP contribution in [0.5, 0.6) is 0 Å². The molecule has 3 rings (SSSR count). The van der Waals surface area contributed by atoms with E-state index in [2.05, 4.69) is 15.5 Å². The van der Waals surface area contributed by atoms with Gasteiger partial charge in [0.2, 0.25) is 11.8 Å². The van der Waals surface area contributed by atoms with Gasteiger partial charge in [0.25, 0.3) is 0 Å². The molecule has 1 aliphatic carbocycles. The second kappa shape index (κ2) is 8.65. The Morgan fingerprint density at radius 3 is 2.52 bits per heavy atom. The Labute approximate surface area is 152 Å². The van der Waals surface area contributed by atoms with Gasteiger partial charge in [-0.2, -0.15) is 0 Å². The maximum absolute atomic E-state index is 12.2. The third-order valence-electron chi connectivity index (χ3n) is 4.71. The van der Waals surface area contributed by atoms with E-state index in [1.165, 1.54) is 0 Å². The SMILES string of the molecule is O=C(NCCN1CCOCC1)C1CC1C(=O)NCc1ccccc1Cl. The number of halogens is 1. The minimum atomic E-state index is -0.217. The normalized spacial score (nSPS) is 23.1. The molecule has 2 fully saturated rings. The number of ether oxygens (including phenoxy) is 1. The summed E-state index contributed by atoms with van der Waals surface area (Å²) in [5.74, 6) is -0.513. The summed E-state index contributed by atoms with van der Waals surface area (Å²) in [4.78, 5) is 26.6. The quantitative estimate of drug-likeness (QED) is 0.757. The highest BCUT2D eigenvalue weighted by Gasteiger charge is 2.47. The summed E-state index contributed by atoms with van der Waals surface area (Å²) >= 11 is 6.08. The first kappa shape index (κ1) is 18.2. The lowest BCUT2D eigenvalue weighted by Crippen LogP contribution is -2.41.